The lowest BCUT2D eigenvalue weighted by Gasteiger charge is -2.29. The van der Waals surface area contributed by atoms with Crippen LogP contribution in [0.15, 0.2) is 48.0 Å². The van der Waals surface area contributed by atoms with Crippen molar-refractivity contribution >= 4 is 52.3 Å². The van der Waals surface area contributed by atoms with Gasteiger partial charge in [-0.1, -0.05) is 40.9 Å². The van der Waals surface area contributed by atoms with Crippen molar-refractivity contribution < 1.29 is 19.4 Å². The Morgan fingerprint density at radius 3 is 2.30 bits per heavy atom. The van der Waals surface area contributed by atoms with E-state index in [-0.39, 0.29) is 11.3 Å². The predicted octanol–water partition coefficient (Wildman–Crippen LogP) is 4.79. The lowest BCUT2D eigenvalue weighted by molar-refractivity contribution is -0.140. The molecule has 1 N–H and O–H groups in total. The molecule has 1 atom stereocenters. The fourth-order valence-corrected chi connectivity index (χ4v) is 4.85. The number of halogens is 3. The maximum Gasteiger partial charge on any atom is 0.295 e. The van der Waals surface area contributed by atoms with E-state index >= 15 is 0 Å². The maximum absolute atomic E-state index is 13.1. The second-order valence-corrected chi connectivity index (χ2v) is 9.25. The summed E-state index contributed by atoms with van der Waals surface area (Å²) < 4.78 is 5.38. The van der Waals surface area contributed by atoms with Crippen LogP contribution in [0.1, 0.15) is 23.6 Å². The molecule has 33 heavy (non-hydrogen) atoms. The number of likely N-dealkylation sites (tertiary alicyclic amines) is 1. The summed E-state index contributed by atoms with van der Waals surface area (Å²) in [6.45, 7) is 4.15. The molecular weight excluding hydrogens is 487 g/mol. The van der Waals surface area contributed by atoms with E-state index in [1.165, 1.54) is 4.90 Å². The maximum atomic E-state index is 13.1. The Morgan fingerprint density at radius 1 is 0.970 bits per heavy atom. The Labute approximate surface area is 207 Å². The zero-order valence-corrected chi connectivity index (χ0v) is 20.0. The number of rotatable bonds is 6. The third kappa shape index (κ3) is 5.20. The molecule has 0 aliphatic carbocycles. The number of ether oxygens (including phenoxy) is 1. The smallest absolute Gasteiger partial charge is 0.295 e. The topological polar surface area (TPSA) is 70.1 Å². The Morgan fingerprint density at radius 2 is 1.64 bits per heavy atom. The van der Waals surface area contributed by atoms with Crippen LogP contribution >= 0.6 is 34.8 Å². The minimum atomic E-state index is -0.824. The molecule has 0 saturated carbocycles. The molecule has 2 saturated heterocycles. The van der Waals surface area contributed by atoms with Crippen molar-refractivity contribution in [3.05, 3.63) is 74.2 Å². The Hall–Kier alpha value is -2.09. The average molecular weight is 510 g/mol. The van der Waals surface area contributed by atoms with Gasteiger partial charge in [0.2, 0.25) is 0 Å². The van der Waals surface area contributed by atoms with Crippen LogP contribution in [0.4, 0.5) is 0 Å². The predicted molar refractivity (Wildman–Crippen MR) is 129 cm³/mol. The van der Waals surface area contributed by atoms with Gasteiger partial charge in [-0.15, -0.1) is 0 Å². The van der Waals surface area contributed by atoms with Gasteiger partial charge in [-0.3, -0.25) is 14.5 Å². The second-order valence-electron chi connectivity index (χ2n) is 7.97. The van der Waals surface area contributed by atoms with Gasteiger partial charge >= 0.3 is 0 Å². The first-order chi connectivity index (χ1) is 15.9. The minimum Gasteiger partial charge on any atom is -0.507 e. The number of nitrogens with zero attached hydrogens (tertiary/aromatic N) is 2. The van der Waals surface area contributed by atoms with E-state index in [0.29, 0.717) is 52.4 Å². The van der Waals surface area contributed by atoms with Gasteiger partial charge in [0.05, 0.1) is 24.8 Å². The van der Waals surface area contributed by atoms with Crippen LogP contribution in [0.25, 0.3) is 5.76 Å². The van der Waals surface area contributed by atoms with E-state index in [2.05, 4.69) is 4.90 Å². The molecule has 9 heteroatoms. The number of ketones is 1. The first kappa shape index (κ1) is 24.0. The van der Waals surface area contributed by atoms with Gasteiger partial charge < -0.3 is 14.7 Å². The molecule has 2 fully saturated rings. The molecule has 0 unspecified atom stereocenters. The van der Waals surface area contributed by atoms with Gasteiger partial charge in [-0.25, -0.2) is 0 Å². The van der Waals surface area contributed by atoms with Gasteiger partial charge in [0.1, 0.15) is 5.76 Å². The summed E-state index contributed by atoms with van der Waals surface area (Å²) in [6.07, 6.45) is 0.662. The Kier molecular flexibility index (Phi) is 7.62. The summed E-state index contributed by atoms with van der Waals surface area (Å²) in [4.78, 5) is 29.9. The molecule has 2 heterocycles. The monoisotopic (exact) mass is 508 g/mol. The summed E-state index contributed by atoms with van der Waals surface area (Å²) in [5, 5.41) is 12.3. The van der Waals surface area contributed by atoms with Crippen molar-refractivity contribution in [2.75, 3.05) is 39.4 Å². The third-order valence-corrected chi connectivity index (χ3v) is 6.71. The lowest BCUT2D eigenvalue weighted by Crippen LogP contribution is -2.39. The molecule has 0 radical (unpaired) electrons. The molecule has 4 rings (SSSR count). The number of carbonyl (C=O) groups excluding carboxylic acids is 2. The third-order valence-electron chi connectivity index (χ3n) is 5.89. The number of morpholine rings is 1. The molecule has 2 aromatic carbocycles. The molecule has 2 aromatic rings. The standard InChI is InChI=1S/C24H23Cl3N2O4/c25-16-4-2-15(3-5-16)22(30)20-21(18-7-6-17(26)14-19(18)27)29(24(32)23(20)31)9-1-8-28-10-12-33-13-11-28/h2-7,14,21,30H,1,8-13H2/t21-/m0/s1. The van der Waals surface area contributed by atoms with Gasteiger partial charge in [-0.2, -0.15) is 0 Å². The van der Waals surface area contributed by atoms with E-state index in [1.807, 2.05) is 0 Å². The molecular formula is C24H23Cl3N2O4. The highest BCUT2D eigenvalue weighted by atomic mass is 35.5. The van der Waals surface area contributed by atoms with Crippen molar-refractivity contribution in [1.82, 2.24) is 9.80 Å². The Bertz CT molecular complexity index is 1080. The number of carbonyl (C=O) groups is 2. The molecule has 174 valence electrons. The van der Waals surface area contributed by atoms with Crippen molar-refractivity contribution in [2.24, 2.45) is 0 Å². The summed E-state index contributed by atoms with van der Waals surface area (Å²) in [6, 6.07) is 10.5. The SMILES string of the molecule is O=C1C(=O)N(CCCN2CCOCC2)[C@@H](c2ccc(Cl)cc2Cl)C1=C(O)c1ccc(Cl)cc1. The van der Waals surface area contributed by atoms with Crippen LogP contribution in [0.2, 0.25) is 15.1 Å². The fourth-order valence-electron chi connectivity index (χ4n) is 4.21. The highest BCUT2D eigenvalue weighted by Crippen LogP contribution is 2.42. The number of aliphatic hydroxyl groups is 1. The summed E-state index contributed by atoms with van der Waals surface area (Å²) in [5.41, 5.74) is 0.917. The Balaban J connectivity index is 1.70. The quantitative estimate of drug-likeness (QED) is 0.344. The normalized spacial score (nSPS) is 21.1. The number of aliphatic hydroxyl groups excluding tert-OH is 1. The highest BCUT2D eigenvalue weighted by molar-refractivity contribution is 6.47. The van der Waals surface area contributed by atoms with Crippen LogP contribution in [0.5, 0.6) is 0 Å². The molecule has 2 aliphatic heterocycles. The van der Waals surface area contributed by atoms with E-state index in [1.54, 1.807) is 42.5 Å². The van der Waals surface area contributed by atoms with E-state index in [0.717, 1.165) is 19.6 Å². The lowest BCUT2D eigenvalue weighted by atomic mass is 9.95. The van der Waals surface area contributed by atoms with Crippen molar-refractivity contribution in [2.45, 2.75) is 12.5 Å². The number of hydrogen-bond acceptors (Lipinski definition) is 5. The van der Waals surface area contributed by atoms with Crippen molar-refractivity contribution in [1.29, 1.82) is 0 Å². The number of benzene rings is 2. The second kappa shape index (κ2) is 10.5. The fraction of sp³-hybridized carbons (Fsp3) is 0.333. The van der Waals surface area contributed by atoms with Gasteiger partial charge in [0.25, 0.3) is 11.7 Å². The average Bonchev–Trinajstić information content (AvgIpc) is 3.05. The molecule has 1 amide bonds. The van der Waals surface area contributed by atoms with E-state index in [9.17, 15) is 14.7 Å². The number of amides is 1. The highest BCUT2D eigenvalue weighted by Gasteiger charge is 2.46. The van der Waals surface area contributed by atoms with Gasteiger partial charge in [-0.05, 0) is 48.4 Å². The molecule has 6 nitrogen and oxygen atoms in total. The van der Waals surface area contributed by atoms with Crippen LogP contribution < -0.4 is 0 Å². The van der Waals surface area contributed by atoms with Crippen LogP contribution in [-0.4, -0.2) is 66.0 Å². The largest absolute Gasteiger partial charge is 0.507 e. The number of Topliss-reactive ketones (excluding diaryl/α,β-unsaturated/α-hetero) is 1. The molecule has 2 aliphatic rings. The van der Waals surface area contributed by atoms with Crippen LogP contribution in [0, 0.1) is 0 Å². The zero-order chi connectivity index (χ0) is 23.5. The van der Waals surface area contributed by atoms with Crippen LogP contribution in [0.3, 0.4) is 0 Å². The number of hydrogen-bond donors (Lipinski definition) is 1. The molecule has 0 aromatic heterocycles. The van der Waals surface area contributed by atoms with Crippen molar-refractivity contribution in [3.8, 4) is 0 Å². The zero-order valence-electron chi connectivity index (χ0n) is 17.8. The van der Waals surface area contributed by atoms with Gasteiger partial charge in [0.15, 0.2) is 0 Å². The van der Waals surface area contributed by atoms with Crippen LogP contribution in [-0.2, 0) is 14.3 Å². The van der Waals surface area contributed by atoms with E-state index < -0.39 is 17.7 Å². The minimum absolute atomic E-state index is 0.00193. The summed E-state index contributed by atoms with van der Waals surface area (Å²) in [7, 11) is 0. The van der Waals surface area contributed by atoms with E-state index in [4.69, 9.17) is 39.5 Å². The molecule has 0 spiro atoms. The summed E-state index contributed by atoms with van der Waals surface area (Å²) in [5.74, 6) is -1.68. The van der Waals surface area contributed by atoms with Crippen molar-refractivity contribution in [3.63, 3.8) is 0 Å². The first-order valence-corrected chi connectivity index (χ1v) is 11.8. The molecule has 0 bridgehead atoms. The summed E-state index contributed by atoms with van der Waals surface area (Å²) >= 11 is 18.5. The van der Waals surface area contributed by atoms with Gasteiger partial charge in [0, 0.05) is 46.8 Å². The first-order valence-electron chi connectivity index (χ1n) is 10.7.